The van der Waals surface area contributed by atoms with Gasteiger partial charge in [0.05, 0.1) is 11.2 Å². The van der Waals surface area contributed by atoms with Crippen molar-refractivity contribution in [2.75, 3.05) is 6.54 Å². The molecular weight excluding hydrogens is 235 g/mol. The van der Waals surface area contributed by atoms with Crippen molar-refractivity contribution < 1.29 is 4.39 Å². The van der Waals surface area contributed by atoms with Crippen molar-refractivity contribution >= 4 is 11.3 Å². The molecule has 0 aliphatic heterocycles. The molecule has 1 aromatic heterocycles. The third kappa shape index (κ3) is 3.61. The highest BCUT2D eigenvalue weighted by Gasteiger charge is 2.06. The summed E-state index contributed by atoms with van der Waals surface area (Å²) < 4.78 is 13.1. The summed E-state index contributed by atoms with van der Waals surface area (Å²) in [6, 6.07) is 6.76. The van der Waals surface area contributed by atoms with E-state index in [-0.39, 0.29) is 5.82 Å². The third-order valence-electron chi connectivity index (χ3n) is 2.61. The monoisotopic (exact) mass is 250 g/mol. The fraction of sp³-hybridized carbons (Fsp3) is 0.308. The van der Waals surface area contributed by atoms with Crippen LogP contribution in [0.3, 0.4) is 0 Å². The standard InChI is InChI=1S/C13H15FN2S/c1-2-16(8-13-9-17-10-15-13)7-11-4-3-5-12(14)6-11/h3-6,9-10H,2,7-8H2,1H3. The van der Waals surface area contributed by atoms with Crippen LogP contribution in [0.1, 0.15) is 18.2 Å². The first-order valence-electron chi connectivity index (χ1n) is 5.62. The molecule has 0 spiro atoms. The smallest absolute Gasteiger partial charge is 0.123 e. The van der Waals surface area contributed by atoms with Crippen molar-refractivity contribution in [1.82, 2.24) is 9.88 Å². The molecule has 0 saturated heterocycles. The van der Waals surface area contributed by atoms with Gasteiger partial charge in [0.1, 0.15) is 5.82 Å². The predicted octanol–water partition coefficient (Wildman–Crippen LogP) is 3.30. The first-order valence-corrected chi connectivity index (χ1v) is 6.56. The van der Waals surface area contributed by atoms with Gasteiger partial charge in [-0.3, -0.25) is 4.90 Å². The van der Waals surface area contributed by atoms with Crippen molar-refractivity contribution in [1.29, 1.82) is 0 Å². The summed E-state index contributed by atoms with van der Waals surface area (Å²) in [5, 5.41) is 2.05. The van der Waals surface area contributed by atoms with Crippen LogP contribution in [0.15, 0.2) is 35.2 Å². The van der Waals surface area contributed by atoms with Gasteiger partial charge in [-0.1, -0.05) is 19.1 Å². The molecule has 2 aromatic rings. The van der Waals surface area contributed by atoms with Crippen LogP contribution in [0.5, 0.6) is 0 Å². The quantitative estimate of drug-likeness (QED) is 0.809. The summed E-state index contributed by atoms with van der Waals surface area (Å²) in [7, 11) is 0. The van der Waals surface area contributed by atoms with Crippen LogP contribution >= 0.6 is 11.3 Å². The Balaban J connectivity index is 2.00. The summed E-state index contributed by atoms with van der Waals surface area (Å²) in [5.74, 6) is -0.174. The zero-order chi connectivity index (χ0) is 12.1. The number of benzene rings is 1. The maximum atomic E-state index is 13.1. The van der Waals surface area contributed by atoms with Crippen molar-refractivity contribution in [2.24, 2.45) is 0 Å². The van der Waals surface area contributed by atoms with Gasteiger partial charge in [-0.15, -0.1) is 11.3 Å². The largest absolute Gasteiger partial charge is 0.294 e. The molecule has 0 saturated carbocycles. The van der Waals surface area contributed by atoms with Crippen molar-refractivity contribution in [3.63, 3.8) is 0 Å². The van der Waals surface area contributed by atoms with E-state index in [9.17, 15) is 4.39 Å². The number of rotatable bonds is 5. The molecule has 0 bridgehead atoms. The Morgan fingerprint density at radius 3 is 2.88 bits per heavy atom. The van der Waals surface area contributed by atoms with Gasteiger partial charge in [0.25, 0.3) is 0 Å². The molecule has 0 radical (unpaired) electrons. The van der Waals surface area contributed by atoms with Gasteiger partial charge in [0, 0.05) is 18.5 Å². The normalized spacial score (nSPS) is 11.0. The molecule has 1 heterocycles. The Morgan fingerprint density at radius 1 is 1.35 bits per heavy atom. The Kier molecular flexibility index (Phi) is 4.23. The fourth-order valence-electron chi connectivity index (χ4n) is 1.72. The lowest BCUT2D eigenvalue weighted by Crippen LogP contribution is -2.22. The molecule has 90 valence electrons. The highest BCUT2D eigenvalue weighted by atomic mass is 32.1. The third-order valence-corrected chi connectivity index (χ3v) is 3.25. The predicted molar refractivity (Wildman–Crippen MR) is 68.3 cm³/mol. The Bertz CT molecular complexity index is 456. The second-order valence-electron chi connectivity index (χ2n) is 3.91. The van der Waals surface area contributed by atoms with Crippen molar-refractivity contribution in [3.8, 4) is 0 Å². The van der Waals surface area contributed by atoms with E-state index in [0.29, 0.717) is 0 Å². The Morgan fingerprint density at radius 2 is 2.24 bits per heavy atom. The summed E-state index contributed by atoms with van der Waals surface area (Å²) in [5.41, 5.74) is 3.92. The number of halogens is 1. The maximum Gasteiger partial charge on any atom is 0.123 e. The van der Waals surface area contributed by atoms with Gasteiger partial charge in [0.15, 0.2) is 0 Å². The van der Waals surface area contributed by atoms with Crippen molar-refractivity contribution in [2.45, 2.75) is 20.0 Å². The van der Waals surface area contributed by atoms with E-state index in [1.165, 1.54) is 6.07 Å². The molecule has 0 unspecified atom stereocenters. The highest BCUT2D eigenvalue weighted by molar-refractivity contribution is 7.07. The van der Waals surface area contributed by atoms with Crippen LogP contribution < -0.4 is 0 Å². The van der Waals surface area contributed by atoms with E-state index in [1.54, 1.807) is 23.5 Å². The van der Waals surface area contributed by atoms with E-state index in [4.69, 9.17) is 0 Å². The summed E-state index contributed by atoms with van der Waals surface area (Å²) in [6.45, 7) is 4.60. The summed E-state index contributed by atoms with van der Waals surface area (Å²) in [6.07, 6.45) is 0. The average molecular weight is 250 g/mol. The molecule has 4 heteroatoms. The lowest BCUT2D eigenvalue weighted by Gasteiger charge is -2.19. The van der Waals surface area contributed by atoms with Gasteiger partial charge < -0.3 is 0 Å². The second-order valence-corrected chi connectivity index (χ2v) is 4.63. The second kappa shape index (κ2) is 5.89. The molecule has 0 aliphatic carbocycles. The molecule has 0 aliphatic rings. The van der Waals surface area contributed by atoms with E-state index in [0.717, 1.165) is 30.9 Å². The van der Waals surface area contributed by atoms with Crippen LogP contribution in [0.25, 0.3) is 0 Å². The number of hydrogen-bond acceptors (Lipinski definition) is 3. The summed E-state index contributed by atoms with van der Waals surface area (Å²) >= 11 is 1.60. The van der Waals surface area contributed by atoms with Crippen LogP contribution in [0.2, 0.25) is 0 Å². The van der Waals surface area contributed by atoms with Gasteiger partial charge in [-0.25, -0.2) is 9.37 Å². The van der Waals surface area contributed by atoms with Gasteiger partial charge in [-0.2, -0.15) is 0 Å². The topological polar surface area (TPSA) is 16.1 Å². The maximum absolute atomic E-state index is 13.1. The van der Waals surface area contributed by atoms with Crippen LogP contribution in [-0.2, 0) is 13.1 Å². The number of thiazole rings is 1. The Hall–Kier alpha value is -1.26. The number of hydrogen-bond donors (Lipinski definition) is 0. The van der Waals surface area contributed by atoms with E-state index in [1.807, 2.05) is 17.0 Å². The molecule has 2 nitrogen and oxygen atoms in total. The average Bonchev–Trinajstić information content (AvgIpc) is 2.81. The lowest BCUT2D eigenvalue weighted by atomic mass is 10.2. The Labute approximate surface area is 105 Å². The van der Waals surface area contributed by atoms with Gasteiger partial charge in [0.2, 0.25) is 0 Å². The van der Waals surface area contributed by atoms with E-state index in [2.05, 4.69) is 16.8 Å². The fourth-order valence-corrected chi connectivity index (χ4v) is 2.27. The molecule has 0 fully saturated rings. The molecule has 0 atom stereocenters. The zero-order valence-corrected chi connectivity index (χ0v) is 10.6. The molecule has 2 rings (SSSR count). The number of aromatic nitrogens is 1. The van der Waals surface area contributed by atoms with Gasteiger partial charge in [-0.05, 0) is 24.2 Å². The number of nitrogens with zero attached hydrogens (tertiary/aromatic N) is 2. The SMILES string of the molecule is CCN(Cc1cccc(F)c1)Cc1cscn1. The minimum absolute atomic E-state index is 0.174. The molecule has 0 N–H and O–H groups in total. The highest BCUT2D eigenvalue weighted by Crippen LogP contribution is 2.11. The minimum Gasteiger partial charge on any atom is -0.294 e. The zero-order valence-electron chi connectivity index (χ0n) is 9.77. The minimum atomic E-state index is -0.174. The molecular formula is C13H15FN2S. The molecule has 0 amide bonds. The van der Waals surface area contributed by atoms with Crippen LogP contribution in [-0.4, -0.2) is 16.4 Å². The summed E-state index contributed by atoms with van der Waals surface area (Å²) in [4.78, 5) is 6.51. The van der Waals surface area contributed by atoms with E-state index < -0.39 is 0 Å². The van der Waals surface area contributed by atoms with E-state index >= 15 is 0 Å². The molecule has 17 heavy (non-hydrogen) atoms. The van der Waals surface area contributed by atoms with Crippen molar-refractivity contribution in [3.05, 3.63) is 52.2 Å². The lowest BCUT2D eigenvalue weighted by molar-refractivity contribution is 0.268. The van der Waals surface area contributed by atoms with Gasteiger partial charge >= 0.3 is 0 Å². The first-order chi connectivity index (χ1) is 8.28. The first kappa shape index (κ1) is 12.2. The molecule has 1 aromatic carbocycles. The van der Waals surface area contributed by atoms with Crippen LogP contribution in [0, 0.1) is 5.82 Å². The van der Waals surface area contributed by atoms with Crippen LogP contribution in [0.4, 0.5) is 4.39 Å².